The molecule has 2 amide bonds. The first-order valence-electron chi connectivity index (χ1n) is 5.52. The van der Waals surface area contributed by atoms with E-state index in [2.05, 4.69) is 0 Å². The van der Waals surface area contributed by atoms with Crippen LogP contribution < -0.4 is 10.0 Å². The van der Waals surface area contributed by atoms with Gasteiger partial charge in [-0.1, -0.05) is 0 Å². The van der Waals surface area contributed by atoms with Crippen molar-refractivity contribution in [2.24, 2.45) is 0 Å². The average Bonchev–Trinajstić information content (AvgIpc) is 2.55. The van der Waals surface area contributed by atoms with Crippen LogP contribution in [0.3, 0.4) is 0 Å². The molecular weight excluding hydrogens is 488 g/mol. The highest BCUT2D eigenvalue weighted by molar-refractivity contribution is 14.1. The van der Waals surface area contributed by atoms with Crippen LogP contribution >= 0.6 is 45.2 Å². The molecule has 0 bridgehead atoms. The van der Waals surface area contributed by atoms with Gasteiger partial charge in [-0.05, 0) is 76.7 Å². The van der Waals surface area contributed by atoms with Gasteiger partial charge in [0, 0.05) is 18.3 Å². The van der Waals surface area contributed by atoms with E-state index >= 15 is 0 Å². The number of carbonyl (C=O) groups is 3. The lowest BCUT2D eigenvalue weighted by molar-refractivity contribution is -0.255. The summed E-state index contributed by atoms with van der Waals surface area (Å²) in [7, 11) is 0. The second kappa shape index (κ2) is 5.43. The second-order valence-electron chi connectivity index (χ2n) is 4.27. The molecule has 0 saturated carbocycles. The largest absolute Gasteiger partial charge is 0.545 e. The predicted octanol–water partition coefficient (Wildman–Crippen LogP) is 1.47. The number of rotatable bonds is 2. The molecule has 1 aromatic rings. The van der Waals surface area contributed by atoms with E-state index in [1.165, 1.54) is 12.1 Å². The number of imide groups is 1. The molecule has 2 rings (SSSR count). The minimum absolute atomic E-state index is 0.0167. The summed E-state index contributed by atoms with van der Waals surface area (Å²) in [4.78, 5) is 36.3. The summed E-state index contributed by atoms with van der Waals surface area (Å²) in [5, 5.41) is 10.9. The Morgan fingerprint density at radius 2 is 1.45 bits per heavy atom. The first-order chi connectivity index (χ1) is 9.25. The number of carbonyl (C=O) groups excluding carboxylic acids is 3. The quantitative estimate of drug-likeness (QED) is 0.460. The zero-order valence-electron chi connectivity index (χ0n) is 10.5. The molecule has 1 aliphatic rings. The maximum absolute atomic E-state index is 12.2. The maximum Gasteiger partial charge on any atom is 0.261 e. The third kappa shape index (κ3) is 2.36. The van der Waals surface area contributed by atoms with Gasteiger partial charge in [0.05, 0.1) is 11.7 Å². The Balaban J connectivity index is 2.59. The monoisotopic (exact) mass is 496 g/mol. The molecule has 20 heavy (non-hydrogen) atoms. The van der Waals surface area contributed by atoms with Crippen molar-refractivity contribution >= 4 is 68.7 Å². The molecule has 0 aliphatic carbocycles. The van der Waals surface area contributed by atoms with Gasteiger partial charge in [-0.25, -0.2) is 4.90 Å². The van der Waals surface area contributed by atoms with Gasteiger partial charge in [-0.2, -0.15) is 0 Å². The highest BCUT2D eigenvalue weighted by Crippen LogP contribution is 2.34. The number of aromatic carboxylic acids is 1. The number of hydrogen-bond donors (Lipinski definition) is 0. The minimum atomic E-state index is -1.29. The molecule has 0 radical (unpaired) electrons. The van der Waals surface area contributed by atoms with Crippen molar-refractivity contribution in [1.29, 1.82) is 0 Å². The molecule has 0 unspecified atom stereocenters. The van der Waals surface area contributed by atoms with Crippen LogP contribution in [0.15, 0.2) is 23.3 Å². The molecule has 1 heterocycles. The SMILES string of the molecule is CC1=C(C)C(=O)N(c2c(I)cc(C(=O)[O-])cc2I)C1=O. The summed E-state index contributed by atoms with van der Waals surface area (Å²) in [5.74, 6) is -2.04. The Hall–Kier alpha value is -0.970. The number of benzene rings is 1. The minimum Gasteiger partial charge on any atom is -0.545 e. The van der Waals surface area contributed by atoms with E-state index < -0.39 is 5.97 Å². The van der Waals surface area contributed by atoms with Crippen molar-refractivity contribution in [2.45, 2.75) is 13.8 Å². The molecule has 0 aromatic heterocycles. The van der Waals surface area contributed by atoms with E-state index in [1.54, 1.807) is 13.8 Å². The number of halogens is 2. The summed E-state index contributed by atoms with van der Waals surface area (Å²) in [6, 6.07) is 2.77. The fraction of sp³-hybridized carbons (Fsp3) is 0.154. The van der Waals surface area contributed by atoms with Crippen LogP contribution in [0, 0.1) is 7.14 Å². The van der Waals surface area contributed by atoms with Crippen LogP contribution in [0.1, 0.15) is 24.2 Å². The number of carboxylic acid groups (broad SMARTS) is 1. The standard InChI is InChI=1S/C13H9I2NO4/c1-5-6(2)12(18)16(11(5)17)10-8(14)3-7(13(19)20)4-9(10)15/h3-4H,1-2H3,(H,19,20)/p-1. The van der Waals surface area contributed by atoms with Gasteiger partial charge in [0.15, 0.2) is 0 Å². The van der Waals surface area contributed by atoms with E-state index in [-0.39, 0.29) is 17.4 Å². The predicted molar refractivity (Wildman–Crippen MR) is 87.1 cm³/mol. The fourth-order valence-corrected chi connectivity index (χ4v) is 4.10. The Morgan fingerprint density at radius 1 is 1.05 bits per heavy atom. The Bertz CT molecular complexity index is 647. The molecule has 1 aliphatic heterocycles. The van der Waals surface area contributed by atoms with Gasteiger partial charge in [0.1, 0.15) is 0 Å². The lowest BCUT2D eigenvalue weighted by Crippen LogP contribution is -2.33. The van der Waals surface area contributed by atoms with Crippen molar-refractivity contribution in [3.8, 4) is 0 Å². The molecule has 104 valence electrons. The molecule has 0 fully saturated rings. The second-order valence-corrected chi connectivity index (χ2v) is 6.60. The topological polar surface area (TPSA) is 77.5 Å². The first kappa shape index (κ1) is 15.4. The molecule has 7 heteroatoms. The number of anilines is 1. The molecule has 0 N–H and O–H groups in total. The van der Waals surface area contributed by atoms with Crippen molar-refractivity contribution in [3.63, 3.8) is 0 Å². The van der Waals surface area contributed by atoms with Crippen LogP contribution in [0.25, 0.3) is 0 Å². The average molecular weight is 496 g/mol. The van der Waals surface area contributed by atoms with Gasteiger partial charge in [-0.3, -0.25) is 9.59 Å². The highest BCUT2D eigenvalue weighted by atomic mass is 127. The van der Waals surface area contributed by atoms with Crippen molar-refractivity contribution in [2.75, 3.05) is 4.90 Å². The molecule has 0 atom stereocenters. The number of hydrogen-bond acceptors (Lipinski definition) is 4. The lowest BCUT2D eigenvalue weighted by Gasteiger charge is -2.19. The summed E-state index contributed by atoms with van der Waals surface area (Å²) in [6.07, 6.45) is 0. The fourth-order valence-electron chi connectivity index (χ4n) is 1.85. The molecule has 0 saturated heterocycles. The Labute approximate surface area is 142 Å². The number of amides is 2. The maximum atomic E-state index is 12.2. The van der Waals surface area contributed by atoms with E-state index in [0.717, 1.165) is 4.90 Å². The zero-order chi connectivity index (χ0) is 15.2. The summed E-state index contributed by atoms with van der Waals surface area (Å²) < 4.78 is 1.02. The molecule has 0 spiro atoms. The lowest BCUT2D eigenvalue weighted by atomic mass is 10.2. The van der Waals surface area contributed by atoms with E-state index in [4.69, 9.17) is 0 Å². The third-order valence-electron chi connectivity index (χ3n) is 3.09. The van der Waals surface area contributed by atoms with Gasteiger partial charge in [0.25, 0.3) is 11.8 Å². The number of nitrogens with zero attached hydrogens (tertiary/aromatic N) is 1. The Morgan fingerprint density at radius 3 is 1.80 bits per heavy atom. The van der Waals surface area contributed by atoms with Crippen molar-refractivity contribution < 1.29 is 19.5 Å². The normalized spacial score (nSPS) is 15.3. The molecular formula is C13H8I2NO4-. The van der Waals surface area contributed by atoms with E-state index in [9.17, 15) is 19.5 Å². The summed E-state index contributed by atoms with van der Waals surface area (Å²) in [5.41, 5.74) is 1.25. The summed E-state index contributed by atoms with van der Waals surface area (Å²) in [6.45, 7) is 3.20. The van der Waals surface area contributed by atoms with Gasteiger partial charge < -0.3 is 9.90 Å². The van der Waals surface area contributed by atoms with Crippen LogP contribution in [0.2, 0.25) is 0 Å². The zero-order valence-corrected chi connectivity index (χ0v) is 14.8. The van der Waals surface area contributed by atoms with Crippen LogP contribution in [0.5, 0.6) is 0 Å². The van der Waals surface area contributed by atoms with Crippen LogP contribution in [-0.2, 0) is 9.59 Å². The van der Waals surface area contributed by atoms with Crippen LogP contribution in [-0.4, -0.2) is 17.8 Å². The van der Waals surface area contributed by atoms with Crippen molar-refractivity contribution in [3.05, 3.63) is 36.0 Å². The van der Waals surface area contributed by atoms with Crippen molar-refractivity contribution in [1.82, 2.24) is 0 Å². The molecule has 1 aromatic carbocycles. The van der Waals surface area contributed by atoms with Gasteiger partial charge in [-0.15, -0.1) is 0 Å². The van der Waals surface area contributed by atoms with Gasteiger partial charge >= 0.3 is 0 Å². The van der Waals surface area contributed by atoms with Crippen LogP contribution in [0.4, 0.5) is 5.69 Å². The van der Waals surface area contributed by atoms with Gasteiger partial charge in [0.2, 0.25) is 0 Å². The first-order valence-corrected chi connectivity index (χ1v) is 7.68. The molecule has 5 nitrogen and oxygen atoms in total. The third-order valence-corrected chi connectivity index (χ3v) is 4.73. The Kier molecular flexibility index (Phi) is 4.19. The summed E-state index contributed by atoms with van der Waals surface area (Å²) >= 11 is 3.82. The van der Waals surface area contributed by atoms with E-state index in [1.807, 2.05) is 45.2 Å². The number of carboxylic acids is 1. The van der Waals surface area contributed by atoms with E-state index in [0.29, 0.717) is 24.0 Å². The smallest absolute Gasteiger partial charge is 0.261 e. The highest BCUT2D eigenvalue weighted by Gasteiger charge is 2.36.